The molecular formula is C18H20F3N3O3. The molecule has 0 radical (unpaired) electrons. The number of rotatable bonds is 4. The first-order valence-electron chi connectivity index (χ1n) is 8.73. The number of benzene rings is 1. The molecule has 2 fully saturated rings. The van der Waals surface area contributed by atoms with Crippen molar-refractivity contribution >= 4 is 17.8 Å². The molecule has 2 N–H and O–H groups in total. The summed E-state index contributed by atoms with van der Waals surface area (Å²) < 4.78 is 40.0. The van der Waals surface area contributed by atoms with Gasteiger partial charge in [-0.1, -0.05) is 31.0 Å². The normalized spacial score (nSPS) is 23.6. The van der Waals surface area contributed by atoms with E-state index in [0.29, 0.717) is 4.90 Å². The van der Waals surface area contributed by atoms with Crippen LogP contribution in [0.1, 0.15) is 43.7 Å². The van der Waals surface area contributed by atoms with Crippen molar-refractivity contribution in [3.8, 4) is 0 Å². The van der Waals surface area contributed by atoms with Gasteiger partial charge in [-0.3, -0.25) is 14.5 Å². The maximum absolute atomic E-state index is 13.3. The van der Waals surface area contributed by atoms with Crippen molar-refractivity contribution < 1.29 is 27.6 Å². The number of carbonyl (C=O) groups excluding carboxylic acids is 3. The Labute approximate surface area is 154 Å². The zero-order valence-electron chi connectivity index (χ0n) is 14.7. The van der Waals surface area contributed by atoms with Crippen LogP contribution in [0.5, 0.6) is 0 Å². The van der Waals surface area contributed by atoms with Crippen LogP contribution in [-0.4, -0.2) is 35.3 Å². The predicted molar refractivity (Wildman–Crippen MR) is 89.4 cm³/mol. The zero-order chi connectivity index (χ0) is 19.8. The quantitative estimate of drug-likeness (QED) is 0.785. The van der Waals surface area contributed by atoms with Crippen LogP contribution < -0.4 is 10.6 Å². The number of urea groups is 1. The highest BCUT2D eigenvalue weighted by molar-refractivity contribution is 6.09. The number of amides is 4. The second-order valence-electron chi connectivity index (χ2n) is 7.04. The lowest BCUT2D eigenvalue weighted by Gasteiger charge is -2.25. The van der Waals surface area contributed by atoms with Gasteiger partial charge in [-0.25, -0.2) is 4.79 Å². The van der Waals surface area contributed by atoms with Gasteiger partial charge in [0.2, 0.25) is 5.91 Å². The molecule has 1 aliphatic heterocycles. The molecule has 6 nitrogen and oxygen atoms in total. The van der Waals surface area contributed by atoms with Crippen molar-refractivity contribution in [3.05, 3.63) is 35.4 Å². The number of hydrogen-bond donors (Lipinski definition) is 2. The van der Waals surface area contributed by atoms with E-state index in [0.717, 1.165) is 37.8 Å². The van der Waals surface area contributed by atoms with E-state index in [9.17, 15) is 27.6 Å². The number of nitrogens with zero attached hydrogens (tertiary/aromatic N) is 1. The average molecular weight is 383 g/mol. The predicted octanol–water partition coefficient (Wildman–Crippen LogP) is 2.53. The standard InChI is InChI=1S/C18H20F3N3O3/c1-17(12-8-4-5-9-13(12)18(19,20)21)15(26)24(16(27)23-17)10-14(25)22-11-6-2-3-7-11/h4-5,8-9,11H,2-3,6-7,10H2,1H3,(H,22,25)(H,23,27)/t17-/m0/s1. The van der Waals surface area contributed by atoms with Crippen LogP contribution in [0.25, 0.3) is 0 Å². The largest absolute Gasteiger partial charge is 0.416 e. The minimum Gasteiger partial charge on any atom is -0.352 e. The summed E-state index contributed by atoms with van der Waals surface area (Å²) in [5.74, 6) is -1.38. The molecule has 146 valence electrons. The van der Waals surface area contributed by atoms with Gasteiger partial charge in [0.05, 0.1) is 5.56 Å². The van der Waals surface area contributed by atoms with Crippen molar-refractivity contribution in [2.75, 3.05) is 6.54 Å². The van der Waals surface area contributed by atoms with Crippen molar-refractivity contribution in [3.63, 3.8) is 0 Å². The Morgan fingerprint density at radius 1 is 1.26 bits per heavy atom. The Bertz CT molecular complexity index is 775. The van der Waals surface area contributed by atoms with Crippen LogP contribution in [0.15, 0.2) is 24.3 Å². The molecule has 1 heterocycles. The summed E-state index contributed by atoms with van der Waals surface area (Å²) in [6.07, 6.45) is -1.01. The number of halogens is 3. The summed E-state index contributed by atoms with van der Waals surface area (Å²) >= 11 is 0. The van der Waals surface area contributed by atoms with E-state index in [1.807, 2.05) is 0 Å². The van der Waals surface area contributed by atoms with Crippen molar-refractivity contribution in [2.45, 2.75) is 50.4 Å². The van der Waals surface area contributed by atoms with E-state index >= 15 is 0 Å². The number of nitrogens with one attached hydrogen (secondary N) is 2. The molecule has 0 spiro atoms. The second kappa shape index (κ2) is 6.86. The van der Waals surface area contributed by atoms with Crippen LogP contribution in [0, 0.1) is 0 Å². The zero-order valence-corrected chi connectivity index (χ0v) is 14.7. The number of carbonyl (C=O) groups is 3. The summed E-state index contributed by atoms with van der Waals surface area (Å²) in [5.41, 5.74) is -3.25. The first-order chi connectivity index (χ1) is 12.6. The minimum absolute atomic E-state index is 0.00982. The highest BCUT2D eigenvalue weighted by atomic mass is 19.4. The number of imide groups is 1. The van der Waals surface area contributed by atoms with Gasteiger partial charge < -0.3 is 10.6 Å². The lowest BCUT2D eigenvalue weighted by molar-refractivity contribution is -0.140. The highest BCUT2D eigenvalue weighted by Gasteiger charge is 2.52. The fourth-order valence-corrected chi connectivity index (χ4v) is 3.68. The molecule has 1 saturated heterocycles. The minimum atomic E-state index is -4.68. The molecule has 1 atom stereocenters. The van der Waals surface area contributed by atoms with Gasteiger partial charge >= 0.3 is 12.2 Å². The van der Waals surface area contributed by atoms with E-state index in [1.165, 1.54) is 19.1 Å². The molecule has 3 rings (SSSR count). The maximum atomic E-state index is 13.3. The molecule has 0 unspecified atom stereocenters. The van der Waals surface area contributed by atoms with E-state index < -0.39 is 41.7 Å². The third-order valence-corrected chi connectivity index (χ3v) is 5.07. The highest BCUT2D eigenvalue weighted by Crippen LogP contribution is 2.39. The monoisotopic (exact) mass is 383 g/mol. The van der Waals surface area contributed by atoms with Gasteiger partial charge in [0, 0.05) is 6.04 Å². The van der Waals surface area contributed by atoms with E-state index in [4.69, 9.17) is 0 Å². The van der Waals surface area contributed by atoms with Crippen molar-refractivity contribution in [1.29, 1.82) is 0 Å². The molecule has 1 aliphatic carbocycles. The Hall–Kier alpha value is -2.58. The van der Waals surface area contributed by atoms with Gasteiger partial charge in [-0.15, -0.1) is 0 Å². The molecule has 0 bridgehead atoms. The van der Waals surface area contributed by atoms with E-state index in [2.05, 4.69) is 10.6 Å². The smallest absolute Gasteiger partial charge is 0.352 e. The molecule has 27 heavy (non-hydrogen) atoms. The Morgan fingerprint density at radius 3 is 2.52 bits per heavy atom. The van der Waals surface area contributed by atoms with Crippen molar-refractivity contribution in [2.24, 2.45) is 0 Å². The van der Waals surface area contributed by atoms with Gasteiger partial charge in [-0.2, -0.15) is 13.2 Å². The van der Waals surface area contributed by atoms with Crippen LogP contribution in [0.2, 0.25) is 0 Å². The van der Waals surface area contributed by atoms with Gasteiger partial charge in [-0.05, 0) is 31.4 Å². The summed E-state index contributed by atoms with van der Waals surface area (Å²) in [6, 6.07) is 3.71. The molecule has 9 heteroatoms. The molecule has 1 saturated carbocycles. The van der Waals surface area contributed by atoms with Crippen LogP contribution in [0.4, 0.5) is 18.0 Å². The summed E-state index contributed by atoms with van der Waals surface area (Å²) in [7, 11) is 0. The SMILES string of the molecule is C[C@@]1(c2ccccc2C(F)(F)F)NC(=O)N(CC(=O)NC2CCCC2)C1=O. The van der Waals surface area contributed by atoms with Gasteiger partial charge in [0.15, 0.2) is 0 Å². The van der Waals surface area contributed by atoms with Crippen LogP contribution in [0.3, 0.4) is 0 Å². The van der Waals surface area contributed by atoms with Crippen molar-refractivity contribution in [1.82, 2.24) is 15.5 Å². The lowest BCUT2D eigenvalue weighted by Crippen LogP contribution is -2.45. The Balaban J connectivity index is 1.82. The first kappa shape index (κ1) is 19.2. The molecule has 4 amide bonds. The average Bonchev–Trinajstić information content (AvgIpc) is 3.17. The van der Waals surface area contributed by atoms with E-state index in [-0.39, 0.29) is 11.6 Å². The topological polar surface area (TPSA) is 78.5 Å². The summed E-state index contributed by atoms with van der Waals surface area (Å²) in [6.45, 7) is 0.692. The molecule has 1 aromatic carbocycles. The van der Waals surface area contributed by atoms with E-state index in [1.54, 1.807) is 0 Å². The summed E-state index contributed by atoms with van der Waals surface area (Å²) in [5, 5.41) is 5.07. The fraction of sp³-hybridized carbons (Fsp3) is 0.500. The number of alkyl halides is 3. The summed E-state index contributed by atoms with van der Waals surface area (Å²) in [4.78, 5) is 37.8. The number of hydrogen-bond acceptors (Lipinski definition) is 3. The molecular weight excluding hydrogens is 363 g/mol. The van der Waals surface area contributed by atoms with Gasteiger partial charge in [0.25, 0.3) is 5.91 Å². The third kappa shape index (κ3) is 3.63. The molecule has 1 aromatic rings. The Kier molecular flexibility index (Phi) is 4.88. The molecule has 2 aliphatic rings. The third-order valence-electron chi connectivity index (χ3n) is 5.07. The lowest BCUT2D eigenvalue weighted by atomic mass is 9.87. The fourth-order valence-electron chi connectivity index (χ4n) is 3.68. The molecule has 0 aromatic heterocycles. The Morgan fingerprint density at radius 2 is 1.89 bits per heavy atom. The van der Waals surface area contributed by atoms with Gasteiger partial charge in [0.1, 0.15) is 12.1 Å². The second-order valence-corrected chi connectivity index (χ2v) is 7.04. The maximum Gasteiger partial charge on any atom is 0.416 e. The van der Waals surface area contributed by atoms with Crippen LogP contribution in [-0.2, 0) is 21.3 Å². The van der Waals surface area contributed by atoms with Crippen LogP contribution >= 0.6 is 0 Å². The first-order valence-corrected chi connectivity index (χ1v) is 8.73.